The Morgan fingerprint density at radius 3 is 2.33 bits per heavy atom. The summed E-state index contributed by atoms with van der Waals surface area (Å²) in [4.78, 5) is 18.2. The first kappa shape index (κ1) is 24.0. The van der Waals surface area contributed by atoms with E-state index in [-0.39, 0.29) is 25.1 Å². The van der Waals surface area contributed by atoms with Gasteiger partial charge in [0.25, 0.3) is 0 Å². The molecule has 0 aliphatic heterocycles. The number of hydrogen-bond acceptors (Lipinski definition) is 5. The van der Waals surface area contributed by atoms with Gasteiger partial charge in [-0.25, -0.2) is 4.98 Å². The highest BCUT2D eigenvalue weighted by atomic mass is 16.5. The number of esters is 1. The zero-order valence-corrected chi connectivity index (χ0v) is 20.3. The molecule has 3 aromatic carbocycles. The zero-order valence-electron chi connectivity index (χ0n) is 20.3. The lowest BCUT2D eigenvalue weighted by molar-refractivity contribution is -0.156. The maximum absolute atomic E-state index is 13.5. The van der Waals surface area contributed by atoms with Crippen LogP contribution in [-0.2, 0) is 28.2 Å². The third-order valence-corrected chi connectivity index (χ3v) is 7.29. The smallest absolute Gasteiger partial charge is 0.319 e. The number of aromatic nitrogens is 1. The van der Waals surface area contributed by atoms with E-state index in [4.69, 9.17) is 9.47 Å². The molecule has 36 heavy (non-hydrogen) atoms. The molecule has 5 heteroatoms. The number of benzene rings is 3. The minimum atomic E-state index is -1.08. The van der Waals surface area contributed by atoms with Crippen LogP contribution in [-0.4, -0.2) is 22.7 Å². The van der Waals surface area contributed by atoms with Gasteiger partial charge in [-0.1, -0.05) is 79.6 Å². The number of nitrogens with zero attached hydrogens (tertiary/aromatic N) is 1. The predicted molar refractivity (Wildman–Crippen MR) is 139 cm³/mol. The fourth-order valence-corrected chi connectivity index (χ4v) is 5.27. The number of hydrogen-bond donors (Lipinski definition) is 1. The monoisotopic (exact) mass is 481 g/mol. The molecule has 5 nitrogen and oxygen atoms in total. The average Bonchev–Trinajstić information content (AvgIpc) is 3.48. The van der Waals surface area contributed by atoms with Crippen LogP contribution in [0.5, 0.6) is 5.75 Å². The van der Waals surface area contributed by atoms with E-state index in [0.717, 1.165) is 53.4 Å². The topological polar surface area (TPSA) is 68.7 Å². The number of pyridine rings is 1. The van der Waals surface area contributed by atoms with Crippen molar-refractivity contribution in [2.75, 3.05) is 6.61 Å². The van der Waals surface area contributed by atoms with Crippen LogP contribution in [0.2, 0.25) is 0 Å². The summed E-state index contributed by atoms with van der Waals surface area (Å²) in [6.45, 7) is 0.248. The minimum absolute atomic E-state index is 0.0411. The molecule has 1 saturated carbocycles. The Balaban J connectivity index is 1.33. The van der Waals surface area contributed by atoms with Crippen LogP contribution in [0.3, 0.4) is 0 Å². The van der Waals surface area contributed by atoms with Gasteiger partial charge in [0.15, 0.2) is 0 Å². The molecule has 0 saturated heterocycles. The number of rotatable bonds is 9. The fraction of sp³-hybridized carbons (Fsp3) is 0.290. The summed E-state index contributed by atoms with van der Waals surface area (Å²) < 4.78 is 11.8. The number of aliphatic hydroxyl groups is 1. The first-order valence-corrected chi connectivity index (χ1v) is 12.6. The molecule has 1 aliphatic carbocycles. The lowest BCUT2D eigenvalue weighted by Crippen LogP contribution is -2.46. The molecule has 1 aliphatic rings. The van der Waals surface area contributed by atoms with E-state index in [2.05, 4.69) is 4.98 Å². The fourth-order valence-electron chi connectivity index (χ4n) is 5.27. The van der Waals surface area contributed by atoms with Crippen molar-refractivity contribution in [2.24, 2.45) is 5.92 Å². The van der Waals surface area contributed by atoms with E-state index < -0.39 is 5.41 Å². The summed E-state index contributed by atoms with van der Waals surface area (Å²) in [5.41, 5.74) is 2.40. The van der Waals surface area contributed by atoms with Crippen molar-refractivity contribution >= 4 is 16.9 Å². The zero-order chi connectivity index (χ0) is 24.8. The molecule has 1 aromatic heterocycles. The van der Waals surface area contributed by atoms with Crippen LogP contribution in [0.4, 0.5) is 0 Å². The normalized spacial score (nSPS) is 15.5. The molecule has 1 heterocycles. The van der Waals surface area contributed by atoms with Crippen molar-refractivity contribution in [3.05, 3.63) is 108 Å². The van der Waals surface area contributed by atoms with E-state index in [1.807, 2.05) is 91.0 Å². The van der Waals surface area contributed by atoms with Gasteiger partial charge in [-0.15, -0.1) is 0 Å². The highest BCUT2D eigenvalue weighted by Gasteiger charge is 2.49. The summed E-state index contributed by atoms with van der Waals surface area (Å²) in [5.74, 6) is 0.360. The number of fused-ring (bicyclic) bond motifs is 1. The quantitative estimate of drug-likeness (QED) is 0.298. The van der Waals surface area contributed by atoms with E-state index >= 15 is 0 Å². The molecule has 5 rings (SSSR count). The van der Waals surface area contributed by atoms with Crippen LogP contribution in [0.15, 0.2) is 91.0 Å². The maximum atomic E-state index is 13.5. The molecule has 184 valence electrons. The SMILES string of the molecule is O=C(OCc1ccccc1)C(CO)(c1ccc(OCc2ccc3ccccc3n2)cc1)C1CCCC1. The summed E-state index contributed by atoms with van der Waals surface area (Å²) in [6.07, 6.45) is 3.90. The highest BCUT2D eigenvalue weighted by molar-refractivity contribution is 5.84. The van der Waals surface area contributed by atoms with E-state index in [9.17, 15) is 9.90 Å². The van der Waals surface area contributed by atoms with E-state index in [1.54, 1.807) is 0 Å². The van der Waals surface area contributed by atoms with E-state index in [1.165, 1.54) is 0 Å². The van der Waals surface area contributed by atoms with Gasteiger partial charge in [-0.3, -0.25) is 4.79 Å². The molecular formula is C31H31NO4. The number of carbonyl (C=O) groups is 1. The number of ether oxygens (including phenoxy) is 2. The predicted octanol–water partition coefficient (Wildman–Crippen LogP) is 5.98. The van der Waals surface area contributed by atoms with Crippen LogP contribution in [0.25, 0.3) is 10.9 Å². The number of aliphatic hydroxyl groups excluding tert-OH is 1. The second kappa shape index (κ2) is 10.9. The average molecular weight is 482 g/mol. The first-order valence-electron chi connectivity index (χ1n) is 12.6. The molecule has 1 fully saturated rings. The molecule has 0 bridgehead atoms. The Hall–Kier alpha value is -3.70. The molecule has 0 radical (unpaired) electrons. The Bertz CT molecular complexity index is 1300. The van der Waals surface area contributed by atoms with Crippen LogP contribution < -0.4 is 4.74 Å². The molecular weight excluding hydrogens is 450 g/mol. The maximum Gasteiger partial charge on any atom is 0.319 e. The Morgan fingerprint density at radius 2 is 1.58 bits per heavy atom. The standard InChI is InChI=1S/C31H31NO4/c33-22-31(25-11-5-6-12-25,30(34)36-20-23-8-2-1-3-9-23)26-15-18-28(19-16-26)35-21-27-17-14-24-10-4-7-13-29(24)32-27/h1-4,7-10,13-19,25,33H,5-6,11-12,20-22H2. The van der Waals surface area contributed by atoms with Crippen molar-refractivity contribution in [1.29, 1.82) is 0 Å². The number of para-hydroxylation sites is 1. The van der Waals surface area contributed by atoms with Crippen molar-refractivity contribution in [2.45, 2.75) is 44.3 Å². The second-order valence-corrected chi connectivity index (χ2v) is 9.48. The molecule has 0 amide bonds. The molecule has 1 atom stereocenters. The van der Waals surface area contributed by atoms with Gasteiger partial charge in [-0.05, 0) is 54.2 Å². The van der Waals surface area contributed by atoms with Crippen molar-refractivity contribution in [3.8, 4) is 5.75 Å². The molecule has 1 unspecified atom stereocenters. The van der Waals surface area contributed by atoms with E-state index in [0.29, 0.717) is 12.4 Å². The van der Waals surface area contributed by atoms with Crippen LogP contribution in [0.1, 0.15) is 42.5 Å². The summed E-state index contributed by atoms with van der Waals surface area (Å²) in [5, 5.41) is 11.7. The molecule has 0 spiro atoms. The minimum Gasteiger partial charge on any atom is -0.487 e. The number of carbonyl (C=O) groups excluding carboxylic acids is 1. The first-order chi connectivity index (χ1) is 17.7. The third kappa shape index (κ3) is 4.98. The second-order valence-electron chi connectivity index (χ2n) is 9.48. The van der Waals surface area contributed by atoms with Gasteiger partial charge < -0.3 is 14.6 Å². The van der Waals surface area contributed by atoms with Gasteiger partial charge in [0.2, 0.25) is 0 Å². The van der Waals surface area contributed by atoms with Crippen LogP contribution in [0, 0.1) is 5.92 Å². The lowest BCUT2D eigenvalue weighted by atomic mass is 9.69. The van der Waals surface area contributed by atoms with Crippen LogP contribution >= 0.6 is 0 Å². The Morgan fingerprint density at radius 1 is 0.861 bits per heavy atom. The van der Waals surface area contributed by atoms with Crippen molar-refractivity contribution in [1.82, 2.24) is 4.98 Å². The van der Waals surface area contributed by atoms with Gasteiger partial charge in [-0.2, -0.15) is 0 Å². The summed E-state index contributed by atoms with van der Waals surface area (Å²) >= 11 is 0. The largest absolute Gasteiger partial charge is 0.487 e. The lowest BCUT2D eigenvalue weighted by Gasteiger charge is -2.35. The highest BCUT2D eigenvalue weighted by Crippen LogP contribution is 2.43. The van der Waals surface area contributed by atoms with Gasteiger partial charge in [0, 0.05) is 5.39 Å². The third-order valence-electron chi connectivity index (χ3n) is 7.29. The van der Waals surface area contributed by atoms with Gasteiger partial charge >= 0.3 is 5.97 Å². The van der Waals surface area contributed by atoms with Crippen molar-refractivity contribution < 1.29 is 19.4 Å². The molecule has 1 N–H and O–H groups in total. The van der Waals surface area contributed by atoms with Gasteiger partial charge in [0.05, 0.1) is 17.8 Å². The summed E-state index contributed by atoms with van der Waals surface area (Å²) in [6, 6.07) is 29.1. The summed E-state index contributed by atoms with van der Waals surface area (Å²) in [7, 11) is 0. The Labute approximate surface area is 211 Å². The molecule has 4 aromatic rings. The van der Waals surface area contributed by atoms with Gasteiger partial charge in [0.1, 0.15) is 24.4 Å². The Kier molecular flexibility index (Phi) is 7.28. The van der Waals surface area contributed by atoms with Crippen molar-refractivity contribution in [3.63, 3.8) is 0 Å².